The van der Waals surface area contributed by atoms with Crippen LogP contribution in [-0.2, 0) is 21.2 Å². The van der Waals surface area contributed by atoms with E-state index in [1.165, 1.54) is 0 Å². The van der Waals surface area contributed by atoms with E-state index in [-0.39, 0.29) is 24.0 Å². The fourth-order valence-electron chi connectivity index (χ4n) is 2.31. The number of rotatable bonds is 6. The lowest BCUT2D eigenvalue weighted by Gasteiger charge is -2.12. The molecule has 1 heterocycles. The van der Waals surface area contributed by atoms with Crippen molar-refractivity contribution in [2.45, 2.75) is 19.0 Å². The van der Waals surface area contributed by atoms with Crippen LogP contribution in [0.2, 0.25) is 0 Å². The molecule has 0 radical (unpaired) electrons. The highest BCUT2D eigenvalue weighted by Gasteiger charge is 2.28. The van der Waals surface area contributed by atoms with Gasteiger partial charge in [-0.05, 0) is 24.1 Å². The van der Waals surface area contributed by atoms with E-state index in [1.54, 1.807) is 19.2 Å². The average Bonchev–Trinajstić information content (AvgIpc) is 2.90. The standard InChI is InChI=1S/C15H21N3O5S/c1-23-13-4-2-11(3-5-13)8-16-14(19)9-17-15(20)18-12-6-7-24(21,22)10-12/h2-5,12H,6-10H2,1H3,(H,16,19)(H2,17,18,20)/t12-/m0/s1. The van der Waals surface area contributed by atoms with E-state index in [9.17, 15) is 18.0 Å². The molecule has 3 amide bonds. The van der Waals surface area contributed by atoms with Crippen molar-refractivity contribution in [2.24, 2.45) is 0 Å². The van der Waals surface area contributed by atoms with Crippen molar-refractivity contribution in [3.05, 3.63) is 29.8 Å². The second-order valence-electron chi connectivity index (χ2n) is 5.55. The van der Waals surface area contributed by atoms with E-state index in [2.05, 4.69) is 16.0 Å². The van der Waals surface area contributed by atoms with Crippen molar-refractivity contribution < 1.29 is 22.7 Å². The zero-order valence-electron chi connectivity index (χ0n) is 13.4. The van der Waals surface area contributed by atoms with Crippen LogP contribution in [0.15, 0.2) is 24.3 Å². The number of methoxy groups -OCH3 is 1. The van der Waals surface area contributed by atoms with Crippen LogP contribution >= 0.6 is 0 Å². The van der Waals surface area contributed by atoms with Gasteiger partial charge in [0.05, 0.1) is 25.2 Å². The van der Waals surface area contributed by atoms with E-state index < -0.39 is 21.9 Å². The predicted octanol–water partition coefficient (Wildman–Crippen LogP) is -0.202. The van der Waals surface area contributed by atoms with Crippen molar-refractivity contribution in [2.75, 3.05) is 25.2 Å². The summed E-state index contributed by atoms with van der Waals surface area (Å²) in [5.74, 6) is 0.432. The van der Waals surface area contributed by atoms with E-state index in [0.717, 1.165) is 11.3 Å². The van der Waals surface area contributed by atoms with Crippen molar-refractivity contribution in [3.8, 4) is 5.75 Å². The van der Waals surface area contributed by atoms with Crippen LogP contribution in [0.25, 0.3) is 0 Å². The second kappa shape index (κ2) is 8.00. The number of hydrogen-bond donors (Lipinski definition) is 3. The maximum absolute atomic E-state index is 11.7. The molecule has 0 spiro atoms. The summed E-state index contributed by atoms with van der Waals surface area (Å²) in [5.41, 5.74) is 0.907. The quantitative estimate of drug-likeness (QED) is 0.654. The summed E-state index contributed by atoms with van der Waals surface area (Å²) in [6.07, 6.45) is 0.402. The van der Waals surface area contributed by atoms with Gasteiger partial charge < -0.3 is 20.7 Å². The third-order valence-corrected chi connectivity index (χ3v) is 5.39. The number of benzene rings is 1. The summed E-state index contributed by atoms with van der Waals surface area (Å²) in [4.78, 5) is 23.4. The number of sulfone groups is 1. The zero-order chi connectivity index (χ0) is 17.6. The smallest absolute Gasteiger partial charge is 0.315 e. The molecule has 0 aromatic heterocycles. The number of carbonyl (C=O) groups is 2. The Hall–Kier alpha value is -2.29. The highest BCUT2D eigenvalue weighted by molar-refractivity contribution is 7.91. The normalized spacial score (nSPS) is 18.6. The first-order valence-electron chi connectivity index (χ1n) is 7.52. The lowest BCUT2D eigenvalue weighted by atomic mass is 10.2. The lowest BCUT2D eigenvalue weighted by molar-refractivity contribution is -0.120. The summed E-state index contributed by atoms with van der Waals surface area (Å²) in [6.45, 7) is 0.161. The van der Waals surface area contributed by atoms with Gasteiger partial charge in [-0.15, -0.1) is 0 Å². The molecular formula is C15H21N3O5S. The van der Waals surface area contributed by atoms with Gasteiger partial charge in [-0.3, -0.25) is 4.79 Å². The van der Waals surface area contributed by atoms with Crippen LogP contribution < -0.4 is 20.7 Å². The number of amides is 3. The van der Waals surface area contributed by atoms with Gasteiger partial charge in [0.2, 0.25) is 5.91 Å². The first kappa shape index (κ1) is 18.1. The highest BCUT2D eigenvalue weighted by atomic mass is 32.2. The topological polar surface area (TPSA) is 114 Å². The molecule has 1 aliphatic rings. The van der Waals surface area contributed by atoms with Crippen molar-refractivity contribution >= 4 is 21.8 Å². The Morgan fingerprint density at radius 1 is 1.21 bits per heavy atom. The molecule has 0 unspecified atom stereocenters. The minimum Gasteiger partial charge on any atom is -0.497 e. The van der Waals surface area contributed by atoms with E-state index in [1.807, 2.05) is 12.1 Å². The molecule has 132 valence electrons. The largest absolute Gasteiger partial charge is 0.497 e. The Labute approximate surface area is 140 Å². The Kier molecular flexibility index (Phi) is 6.02. The first-order chi connectivity index (χ1) is 11.4. The number of carbonyl (C=O) groups excluding carboxylic acids is 2. The molecule has 1 fully saturated rings. The average molecular weight is 355 g/mol. The van der Waals surface area contributed by atoms with Gasteiger partial charge in [0.25, 0.3) is 0 Å². The Bertz CT molecular complexity index is 688. The van der Waals surface area contributed by atoms with Crippen LogP contribution in [-0.4, -0.2) is 51.6 Å². The highest BCUT2D eigenvalue weighted by Crippen LogP contribution is 2.11. The zero-order valence-corrected chi connectivity index (χ0v) is 14.2. The molecule has 8 nitrogen and oxygen atoms in total. The summed E-state index contributed by atoms with van der Waals surface area (Å²) in [6, 6.07) is 6.32. The fourth-order valence-corrected chi connectivity index (χ4v) is 3.99. The Morgan fingerprint density at radius 2 is 1.92 bits per heavy atom. The molecule has 1 aromatic carbocycles. The Balaban J connectivity index is 1.66. The Morgan fingerprint density at radius 3 is 2.50 bits per heavy atom. The minimum absolute atomic E-state index is 0.0515. The van der Waals surface area contributed by atoms with Crippen LogP contribution in [0.4, 0.5) is 4.79 Å². The van der Waals surface area contributed by atoms with Gasteiger partial charge in [-0.1, -0.05) is 12.1 Å². The molecule has 3 N–H and O–H groups in total. The molecule has 9 heteroatoms. The molecule has 1 atom stereocenters. The molecule has 1 saturated heterocycles. The first-order valence-corrected chi connectivity index (χ1v) is 9.34. The minimum atomic E-state index is -3.05. The molecule has 2 rings (SSSR count). The number of urea groups is 1. The second-order valence-corrected chi connectivity index (χ2v) is 7.78. The van der Waals surface area contributed by atoms with Gasteiger partial charge in [-0.2, -0.15) is 0 Å². The van der Waals surface area contributed by atoms with Crippen LogP contribution in [0, 0.1) is 0 Å². The molecule has 0 saturated carbocycles. The van der Waals surface area contributed by atoms with Crippen molar-refractivity contribution in [1.29, 1.82) is 0 Å². The third-order valence-electron chi connectivity index (χ3n) is 3.63. The van der Waals surface area contributed by atoms with Gasteiger partial charge in [0.1, 0.15) is 5.75 Å². The van der Waals surface area contributed by atoms with Gasteiger partial charge in [-0.25, -0.2) is 13.2 Å². The van der Waals surface area contributed by atoms with E-state index in [4.69, 9.17) is 4.74 Å². The molecule has 1 aliphatic heterocycles. The summed E-state index contributed by atoms with van der Waals surface area (Å²) in [5, 5.41) is 7.65. The molecule has 1 aromatic rings. The summed E-state index contributed by atoms with van der Waals surface area (Å²) < 4.78 is 27.7. The molecule has 24 heavy (non-hydrogen) atoms. The molecule has 0 aliphatic carbocycles. The number of ether oxygens (including phenoxy) is 1. The van der Waals surface area contributed by atoms with Gasteiger partial charge >= 0.3 is 6.03 Å². The monoisotopic (exact) mass is 355 g/mol. The predicted molar refractivity (Wildman–Crippen MR) is 88.4 cm³/mol. The number of hydrogen-bond acceptors (Lipinski definition) is 5. The lowest BCUT2D eigenvalue weighted by Crippen LogP contribution is -2.46. The molecular weight excluding hydrogens is 334 g/mol. The SMILES string of the molecule is COc1ccc(CNC(=O)CNC(=O)N[C@H]2CCS(=O)(=O)C2)cc1. The van der Waals surface area contributed by atoms with Crippen LogP contribution in [0.1, 0.15) is 12.0 Å². The van der Waals surface area contributed by atoms with Gasteiger partial charge in [0, 0.05) is 12.6 Å². The fraction of sp³-hybridized carbons (Fsp3) is 0.467. The molecule has 0 bridgehead atoms. The maximum Gasteiger partial charge on any atom is 0.315 e. The van der Waals surface area contributed by atoms with Crippen molar-refractivity contribution in [1.82, 2.24) is 16.0 Å². The van der Waals surface area contributed by atoms with Gasteiger partial charge in [0.15, 0.2) is 9.84 Å². The van der Waals surface area contributed by atoms with E-state index >= 15 is 0 Å². The third kappa shape index (κ3) is 5.73. The van der Waals surface area contributed by atoms with Crippen molar-refractivity contribution in [3.63, 3.8) is 0 Å². The maximum atomic E-state index is 11.7. The van der Waals surface area contributed by atoms with Crippen LogP contribution in [0.5, 0.6) is 5.75 Å². The van der Waals surface area contributed by atoms with Crippen LogP contribution in [0.3, 0.4) is 0 Å². The van der Waals surface area contributed by atoms with E-state index in [0.29, 0.717) is 13.0 Å². The number of nitrogens with one attached hydrogen (secondary N) is 3. The summed E-state index contributed by atoms with van der Waals surface area (Å²) in [7, 11) is -1.47. The summed E-state index contributed by atoms with van der Waals surface area (Å²) >= 11 is 0.